The first kappa shape index (κ1) is 10.5. The van der Waals surface area contributed by atoms with Crippen LogP contribution in [0.2, 0.25) is 0 Å². The smallest absolute Gasteiger partial charge is 0.0125 e. The third-order valence-electron chi connectivity index (χ3n) is 4.67. The Kier molecular flexibility index (Phi) is 2.23. The highest BCUT2D eigenvalue weighted by atomic mass is 15.2. The molecule has 0 N–H and O–H groups in total. The van der Waals surface area contributed by atoms with Gasteiger partial charge < -0.3 is 0 Å². The lowest BCUT2D eigenvalue weighted by Crippen LogP contribution is -2.47. The first-order chi connectivity index (χ1) is 6.36. The summed E-state index contributed by atoms with van der Waals surface area (Å²) in [7, 11) is 0. The topological polar surface area (TPSA) is 3.24 Å². The van der Waals surface area contributed by atoms with Crippen molar-refractivity contribution < 1.29 is 0 Å². The zero-order valence-corrected chi connectivity index (χ0v) is 10.4. The fraction of sp³-hybridized carbons (Fsp3) is 1.00. The Labute approximate surface area is 88.9 Å². The Morgan fingerprint density at radius 1 is 1.29 bits per heavy atom. The highest BCUT2D eigenvalue weighted by Gasteiger charge is 2.58. The van der Waals surface area contributed by atoms with E-state index in [4.69, 9.17) is 0 Å². The molecule has 0 bridgehead atoms. The summed E-state index contributed by atoms with van der Waals surface area (Å²) in [6.07, 6.45) is 2.93. The fourth-order valence-electron chi connectivity index (χ4n) is 3.26. The number of hydrogen-bond acceptors (Lipinski definition) is 1. The second-order valence-corrected chi connectivity index (χ2v) is 6.66. The minimum absolute atomic E-state index is 0.381. The summed E-state index contributed by atoms with van der Waals surface area (Å²) in [5.41, 5.74) is 1.13. The first-order valence-corrected chi connectivity index (χ1v) is 6.11. The van der Waals surface area contributed by atoms with E-state index in [0.717, 1.165) is 17.3 Å². The molecule has 2 unspecified atom stereocenters. The molecule has 0 amide bonds. The van der Waals surface area contributed by atoms with E-state index in [2.05, 4.69) is 39.5 Å². The van der Waals surface area contributed by atoms with Gasteiger partial charge in [-0.15, -0.1) is 0 Å². The maximum atomic E-state index is 2.67. The number of likely N-dealkylation sites (tertiary alicyclic amines) is 1. The molecule has 2 rings (SSSR count). The Hall–Kier alpha value is -0.0400. The number of piperidine rings is 1. The van der Waals surface area contributed by atoms with Crippen molar-refractivity contribution in [2.45, 2.75) is 53.0 Å². The normalized spacial score (nSPS) is 38.6. The number of rotatable bonds is 1. The summed E-state index contributed by atoms with van der Waals surface area (Å²) in [4.78, 5) is 2.67. The third kappa shape index (κ3) is 1.50. The number of nitrogens with zero attached hydrogens (tertiary/aromatic N) is 1. The molecule has 1 heterocycles. The maximum absolute atomic E-state index is 2.67. The number of hydrogen-bond donors (Lipinski definition) is 0. The number of fused-ring (bicyclic) bond motifs is 1. The van der Waals surface area contributed by atoms with Crippen LogP contribution in [-0.2, 0) is 0 Å². The zero-order chi connectivity index (χ0) is 10.6. The summed E-state index contributed by atoms with van der Waals surface area (Å²) in [5, 5.41) is 0. The van der Waals surface area contributed by atoms with Crippen molar-refractivity contribution in [2.24, 2.45) is 17.3 Å². The minimum atomic E-state index is 0.381. The lowest BCUT2D eigenvalue weighted by molar-refractivity contribution is 0.0703. The van der Waals surface area contributed by atoms with Crippen LogP contribution in [0.25, 0.3) is 0 Å². The van der Waals surface area contributed by atoms with Crippen molar-refractivity contribution in [3.05, 3.63) is 0 Å². The van der Waals surface area contributed by atoms with E-state index in [9.17, 15) is 0 Å². The summed E-state index contributed by atoms with van der Waals surface area (Å²) >= 11 is 0. The van der Waals surface area contributed by atoms with Crippen LogP contribution in [0.4, 0.5) is 0 Å². The average molecular weight is 195 g/mol. The van der Waals surface area contributed by atoms with Crippen LogP contribution < -0.4 is 0 Å². The Morgan fingerprint density at radius 2 is 1.93 bits per heavy atom. The van der Waals surface area contributed by atoms with E-state index >= 15 is 0 Å². The van der Waals surface area contributed by atoms with Gasteiger partial charge in [-0.25, -0.2) is 0 Å². The Bertz CT molecular complexity index is 226. The second kappa shape index (κ2) is 2.98. The van der Waals surface area contributed by atoms with Crippen LogP contribution in [0.15, 0.2) is 0 Å². The molecule has 2 atom stereocenters. The SMILES string of the molecule is CC(C)C12CCN(C(C)(C)C)CC1C2. The van der Waals surface area contributed by atoms with Gasteiger partial charge in [0.1, 0.15) is 0 Å². The van der Waals surface area contributed by atoms with Crippen LogP contribution >= 0.6 is 0 Å². The van der Waals surface area contributed by atoms with E-state index in [-0.39, 0.29) is 0 Å². The van der Waals surface area contributed by atoms with Gasteiger partial charge in [-0.1, -0.05) is 13.8 Å². The van der Waals surface area contributed by atoms with E-state index in [1.165, 1.54) is 25.9 Å². The van der Waals surface area contributed by atoms with Crippen LogP contribution in [0.5, 0.6) is 0 Å². The molecule has 0 aromatic heterocycles. The summed E-state index contributed by atoms with van der Waals surface area (Å²) in [6.45, 7) is 14.5. The molecule has 0 radical (unpaired) electrons. The van der Waals surface area contributed by atoms with E-state index in [1.807, 2.05) is 0 Å². The van der Waals surface area contributed by atoms with E-state index in [0.29, 0.717) is 5.54 Å². The monoisotopic (exact) mass is 195 g/mol. The average Bonchev–Trinajstić information content (AvgIpc) is 2.75. The molecular formula is C13H25N. The van der Waals surface area contributed by atoms with Gasteiger partial charge in [0.15, 0.2) is 0 Å². The van der Waals surface area contributed by atoms with Crippen LogP contribution in [0.3, 0.4) is 0 Å². The molecule has 1 aliphatic carbocycles. The Morgan fingerprint density at radius 3 is 2.36 bits per heavy atom. The molecule has 2 aliphatic rings. The molecule has 0 aromatic rings. The molecule has 1 saturated carbocycles. The van der Waals surface area contributed by atoms with Crippen molar-refractivity contribution in [2.75, 3.05) is 13.1 Å². The van der Waals surface area contributed by atoms with Gasteiger partial charge in [0, 0.05) is 12.1 Å². The summed E-state index contributed by atoms with van der Waals surface area (Å²) in [6, 6.07) is 0. The van der Waals surface area contributed by atoms with Gasteiger partial charge in [0.05, 0.1) is 0 Å². The molecule has 1 heteroatoms. The minimum Gasteiger partial charge on any atom is -0.298 e. The van der Waals surface area contributed by atoms with Gasteiger partial charge in [0.2, 0.25) is 0 Å². The molecule has 2 fully saturated rings. The fourth-order valence-corrected chi connectivity index (χ4v) is 3.26. The van der Waals surface area contributed by atoms with Gasteiger partial charge >= 0.3 is 0 Å². The van der Waals surface area contributed by atoms with Crippen molar-refractivity contribution in [1.82, 2.24) is 4.90 Å². The van der Waals surface area contributed by atoms with Gasteiger partial charge in [0.25, 0.3) is 0 Å². The lowest BCUT2D eigenvalue weighted by atomic mass is 9.83. The highest BCUT2D eigenvalue weighted by Crippen LogP contribution is 2.62. The predicted molar refractivity (Wildman–Crippen MR) is 61.3 cm³/mol. The highest BCUT2D eigenvalue weighted by molar-refractivity contribution is 5.09. The molecule has 82 valence electrons. The van der Waals surface area contributed by atoms with Crippen molar-refractivity contribution in [3.8, 4) is 0 Å². The van der Waals surface area contributed by atoms with Crippen LogP contribution in [0, 0.1) is 17.3 Å². The molecule has 0 aromatic carbocycles. The largest absolute Gasteiger partial charge is 0.298 e. The standard InChI is InChI=1S/C13H25N/c1-10(2)13-6-7-14(12(3,4)5)9-11(13)8-13/h10-11H,6-9H2,1-5H3. The van der Waals surface area contributed by atoms with Crippen LogP contribution in [-0.4, -0.2) is 23.5 Å². The van der Waals surface area contributed by atoms with Crippen LogP contribution in [0.1, 0.15) is 47.5 Å². The van der Waals surface area contributed by atoms with Gasteiger partial charge in [-0.05, 0) is 57.4 Å². The van der Waals surface area contributed by atoms with E-state index < -0.39 is 0 Å². The second-order valence-electron chi connectivity index (χ2n) is 6.66. The summed E-state index contributed by atoms with van der Waals surface area (Å²) in [5.74, 6) is 1.91. The first-order valence-electron chi connectivity index (χ1n) is 6.11. The van der Waals surface area contributed by atoms with E-state index in [1.54, 1.807) is 0 Å². The molecule has 14 heavy (non-hydrogen) atoms. The predicted octanol–water partition coefficient (Wildman–Crippen LogP) is 3.15. The third-order valence-corrected chi connectivity index (χ3v) is 4.67. The lowest BCUT2D eigenvalue weighted by Gasteiger charge is -2.41. The zero-order valence-electron chi connectivity index (χ0n) is 10.4. The molecule has 1 aliphatic heterocycles. The Balaban J connectivity index is 1.99. The molecule has 1 saturated heterocycles. The molecular weight excluding hydrogens is 170 g/mol. The molecule has 0 spiro atoms. The quantitative estimate of drug-likeness (QED) is 0.621. The van der Waals surface area contributed by atoms with Gasteiger partial charge in [-0.3, -0.25) is 4.90 Å². The van der Waals surface area contributed by atoms with Crippen molar-refractivity contribution >= 4 is 0 Å². The van der Waals surface area contributed by atoms with Crippen molar-refractivity contribution in [1.29, 1.82) is 0 Å². The molecule has 1 nitrogen and oxygen atoms in total. The van der Waals surface area contributed by atoms with Gasteiger partial charge in [-0.2, -0.15) is 0 Å². The summed E-state index contributed by atoms with van der Waals surface area (Å²) < 4.78 is 0. The maximum Gasteiger partial charge on any atom is 0.0125 e. The van der Waals surface area contributed by atoms with Crippen molar-refractivity contribution in [3.63, 3.8) is 0 Å².